The second-order valence-corrected chi connectivity index (χ2v) is 6.63. The Hall–Kier alpha value is -3.21. The van der Waals surface area contributed by atoms with E-state index in [0.29, 0.717) is 17.7 Å². The van der Waals surface area contributed by atoms with Crippen LogP contribution in [0.2, 0.25) is 0 Å². The zero-order chi connectivity index (χ0) is 20.5. The van der Waals surface area contributed by atoms with Crippen molar-refractivity contribution >= 4 is 23.8 Å². The van der Waals surface area contributed by atoms with Gasteiger partial charge >= 0.3 is 11.9 Å². The maximum atomic E-state index is 12.3. The first-order chi connectivity index (χ1) is 13.4. The lowest BCUT2D eigenvalue weighted by atomic mass is 9.94. The number of hydrogen-bond donors (Lipinski definition) is 1. The molecule has 0 aliphatic heterocycles. The summed E-state index contributed by atoms with van der Waals surface area (Å²) in [4.78, 5) is 35.3. The van der Waals surface area contributed by atoms with Crippen molar-refractivity contribution in [2.75, 3.05) is 0 Å². The van der Waals surface area contributed by atoms with Crippen LogP contribution in [0.5, 0.6) is 5.75 Å². The first-order valence-corrected chi connectivity index (χ1v) is 9.22. The number of rotatable bonds is 9. The highest BCUT2D eigenvalue weighted by atomic mass is 16.5. The van der Waals surface area contributed by atoms with Gasteiger partial charge in [0.25, 0.3) is 0 Å². The van der Waals surface area contributed by atoms with Crippen LogP contribution in [0.1, 0.15) is 72.3 Å². The lowest BCUT2D eigenvalue weighted by Crippen LogP contribution is -2.24. The number of benzene rings is 2. The Morgan fingerprint density at radius 1 is 0.938 bits per heavy atom. The fraction of sp³-hybridized carbons (Fsp3) is 0.370. The Balaban J connectivity index is -0.00000210. The van der Waals surface area contributed by atoms with Crippen molar-refractivity contribution in [3.8, 4) is 5.75 Å². The first-order valence-electron chi connectivity index (χ1n) is 9.22. The van der Waals surface area contributed by atoms with Gasteiger partial charge in [-0.15, -0.1) is 0 Å². The summed E-state index contributed by atoms with van der Waals surface area (Å²) in [6.45, 7) is 3.41. The van der Waals surface area contributed by atoms with Crippen LogP contribution >= 0.6 is 0 Å². The predicted molar refractivity (Wildman–Crippen MR) is 134 cm³/mol. The molecular formula is C27H40O5. The SMILES string of the molecule is C.C.C.C.CCC(CC(C)C(=O)O)C(=O)Oc1ccc(/C=C/C(=O)c2ccccc2)cc1. The average molecular weight is 445 g/mol. The van der Waals surface area contributed by atoms with E-state index in [-0.39, 0.29) is 41.9 Å². The van der Waals surface area contributed by atoms with Crippen molar-refractivity contribution in [1.29, 1.82) is 0 Å². The van der Waals surface area contributed by atoms with Gasteiger partial charge in [-0.25, -0.2) is 0 Å². The van der Waals surface area contributed by atoms with Gasteiger partial charge in [0.05, 0.1) is 11.8 Å². The Morgan fingerprint density at radius 3 is 2.00 bits per heavy atom. The van der Waals surface area contributed by atoms with Crippen molar-refractivity contribution in [3.05, 3.63) is 71.8 Å². The summed E-state index contributed by atoms with van der Waals surface area (Å²) in [5.74, 6) is -2.13. The number of ketones is 1. The van der Waals surface area contributed by atoms with E-state index in [1.807, 2.05) is 25.1 Å². The maximum absolute atomic E-state index is 12.3. The minimum Gasteiger partial charge on any atom is -0.481 e. The van der Waals surface area contributed by atoms with Gasteiger partial charge in [-0.2, -0.15) is 0 Å². The molecule has 0 amide bonds. The van der Waals surface area contributed by atoms with Gasteiger partial charge < -0.3 is 9.84 Å². The van der Waals surface area contributed by atoms with E-state index < -0.39 is 23.8 Å². The van der Waals surface area contributed by atoms with Crippen LogP contribution in [0, 0.1) is 11.8 Å². The minimum atomic E-state index is -0.924. The molecule has 0 saturated carbocycles. The smallest absolute Gasteiger partial charge is 0.314 e. The lowest BCUT2D eigenvalue weighted by molar-refractivity contribution is -0.144. The van der Waals surface area contributed by atoms with Crippen LogP contribution in [-0.2, 0) is 9.59 Å². The third kappa shape index (κ3) is 10.2. The Morgan fingerprint density at radius 2 is 1.50 bits per heavy atom. The number of carboxylic acids is 1. The van der Waals surface area contributed by atoms with Crippen LogP contribution in [-0.4, -0.2) is 22.8 Å². The quantitative estimate of drug-likeness (QED) is 0.192. The Kier molecular flexibility index (Phi) is 17.2. The molecule has 2 atom stereocenters. The summed E-state index contributed by atoms with van der Waals surface area (Å²) >= 11 is 0. The molecule has 2 aromatic rings. The average Bonchev–Trinajstić information content (AvgIpc) is 2.71. The molecule has 2 rings (SSSR count). The minimum absolute atomic E-state index is 0. The van der Waals surface area contributed by atoms with Gasteiger partial charge in [0.1, 0.15) is 5.75 Å². The van der Waals surface area contributed by atoms with Crippen LogP contribution in [0.25, 0.3) is 6.08 Å². The summed E-state index contributed by atoms with van der Waals surface area (Å²) in [6, 6.07) is 15.8. The number of carbonyl (C=O) groups excluding carboxylic acids is 2. The van der Waals surface area contributed by atoms with Gasteiger partial charge in [0, 0.05) is 5.56 Å². The first kappa shape index (κ1) is 33.4. The number of allylic oxidation sites excluding steroid dienone is 1. The zero-order valence-electron chi connectivity index (χ0n) is 16.0. The second kappa shape index (κ2) is 16.5. The van der Waals surface area contributed by atoms with Crippen molar-refractivity contribution in [2.24, 2.45) is 11.8 Å². The summed E-state index contributed by atoms with van der Waals surface area (Å²) in [7, 11) is 0. The van der Waals surface area contributed by atoms with Gasteiger partial charge in [-0.05, 0) is 36.6 Å². The molecule has 0 aromatic heterocycles. The molecule has 0 aliphatic carbocycles. The molecule has 0 aliphatic rings. The van der Waals surface area contributed by atoms with E-state index >= 15 is 0 Å². The zero-order valence-corrected chi connectivity index (χ0v) is 16.0. The van der Waals surface area contributed by atoms with E-state index in [9.17, 15) is 14.4 Å². The maximum Gasteiger partial charge on any atom is 0.314 e. The van der Waals surface area contributed by atoms with Crippen LogP contribution in [0.15, 0.2) is 60.7 Å². The summed E-state index contributed by atoms with van der Waals surface area (Å²) < 4.78 is 5.38. The van der Waals surface area contributed by atoms with Crippen molar-refractivity contribution in [3.63, 3.8) is 0 Å². The summed E-state index contributed by atoms with van der Waals surface area (Å²) in [5, 5.41) is 9.01. The van der Waals surface area contributed by atoms with Crippen molar-refractivity contribution < 1.29 is 24.2 Å². The Labute approximate surface area is 194 Å². The van der Waals surface area contributed by atoms with E-state index in [2.05, 4.69) is 0 Å². The van der Waals surface area contributed by atoms with Crippen molar-refractivity contribution in [1.82, 2.24) is 0 Å². The van der Waals surface area contributed by atoms with E-state index in [4.69, 9.17) is 9.84 Å². The molecule has 178 valence electrons. The number of esters is 1. The number of carbonyl (C=O) groups is 3. The molecule has 1 N–H and O–H groups in total. The van der Waals surface area contributed by atoms with E-state index in [1.54, 1.807) is 49.4 Å². The molecule has 0 fully saturated rings. The lowest BCUT2D eigenvalue weighted by Gasteiger charge is -2.16. The Bertz CT molecular complexity index is 838. The monoisotopic (exact) mass is 444 g/mol. The number of aliphatic carboxylic acids is 1. The molecular weight excluding hydrogens is 404 g/mol. The highest BCUT2D eigenvalue weighted by Gasteiger charge is 2.24. The third-order valence-electron chi connectivity index (χ3n) is 4.47. The fourth-order valence-electron chi connectivity index (χ4n) is 2.67. The topological polar surface area (TPSA) is 80.7 Å². The highest BCUT2D eigenvalue weighted by Crippen LogP contribution is 2.20. The summed E-state index contributed by atoms with van der Waals surface area (Å²) in [5.41, 5.74) is 1.42. The van der Waals surface area contributed by atoms with Crippen LogP contribution in [0.4, 0.5) is 0 Å². The van der Waals surface area contributed by atoms with Gasteiger partial charge in [-0.3, -0.25) is 14.4 Å². The molecule has 0 radical (unpaired) electrons. The molecule has 2 unspecified atom stereocenters. The van der Waals surface area contributed by atoms with Crippen LogP contribution < -0.4 is 4.74 Å². The predicted octanol–water partition coefficient (Wildman–Crippen LogP) is 7.17. The largest absolute Gasteiger partial charge is 0.481 e. The molecule has 2 aromatic carbocycles. The molecule has 5 heteroatoms. The molecule has 0 bridgehead atoms. The molecule has 0 saturated heterocycles. The second-order valence-electron chi connectivity index (χ2n) is 6.63. The van der Waals surface area contributed by atoms with Crippen molar-refractivity contribution in [2.45, 2.75) is 56.4 Å². The van der Waals surface area contributed by atoms with E-state index in [0.717, 1.165) is 5.56 Å². The highest BCUT2D eigenvalue weighted by molar-refractivity contribution is 6.06. The molecule has 5 nitrogen and oxygen atoms in total. The normalized spacial score (nSPS) is 11.4. The molecule has 0 heterocycles. The fourth-order valence-corrected chi connectivity index (χ4v) is 2.67. The molecule has 0 spiro atoms. The molecule has 32 heavy (non-hydrogen) atoms. The standard InChI is InChI=1S/C23H24O5.4CH4/c1-3-18(15-16(2)22(25)26)23(27)28-20-12-9-17(10-13-20)11-14-21(24)19-7-5-4-6-8-19;;;;/h4-14,16,18H,3,15H2,1-2H3,(H,25,26);4*1H4/b14-11+;;;;. The number of hydrogen-bond acceptors (Lipinski definition) is 4. The summed E-state index contributed by atoms with van der Waals surface area (Å²) in [6.07, 6.45) is 3.95. The number of carboxylic acid groups (broad SMARTS) is 1. The number of ether oxygens (including phenoxy) is 1. The van der Waals surface area contributed by atoms with Crippen LogP contribution in [0.3, 0.4) is 0 Å². The van der Waals surface area contributed by atoms with E-state index in [1.165, 1.54) is 6.08 Å². The van der Waals surface area contributed by atoms with Gasteiger partial charge in [0.2, 0.25) is 0 Å². The van der Waals surface area contributed by atoms with Gasteiger partial charge in [0.15, 0.2) is 5.78 Å². The third-order valence-corrected chi connectivity index (χ3v) is 4.47. The van der Waals surface area contributed by atoms with Gasteiger partial charge in [-0.1, -0.05) is 92.1 Å².